The molecule has 22 heavy (non-hydrogen) atoms. The molecule has 1 aromatic carbocycles. The number of nitrogens with zero attached hydrogens (tertiary/aromatic N) is 1. The molecule has 0 saturated carbocycles. The Morgan fingerprint density at radius 2 is 1.82 bits per heavy atom. The van der Waals surface area contributed by atoms with Crippen LogP contribution in [0.4, 0.5) is 0 Å². The third-order valence-electron chi connectivity index (χ3n) is 4.14. The molecule has 0 bridgehead atoms. The van der Waals surface area contributed by atoms with E-state index in [9.17, 15) is 4.79 Å². The zero-order valence-electron chi connectivity index (χ0n) is 13.8. The minimum absolute atomic E-state index is 0.233. The fourth-order valence-electron chi connectivity index (χ4n) is 2.86. The first-order valence-corrected chi connectivity index (χ1v) is 7.19. The second-order valence-electron chi connectivity index (χ2n) is 5.20. The molecule has 0 saturated heterocycles. The number of hydrogen-bond acceptors (Lipinski definition) is 6. The van der Waals surface area contributed by atoms with Gasteiger partial charge in [-0.2, -0.15) is 0 Å². The maximum absolute atomic E-state index is 11.8. The lowest BCUT2D eigenvalue weighted by molar-refractivity contribution is -0.146. The molecule has 1 atom stereocenters. The molecular formula is C16H23NO5. The van der Waals surface area contributed by atoms with Crippen LogP contribution in [0, 0.1) is 0 Å². The summed E-state index contributed by atoms with van der Waals surface area (Å²) >= 11 is 0. The summed E-state index contributed by atoms with van der Waals surface area (Å²) in [4.78, 5) is 13.8. The molecule has 2 rings (SSSR count). The van der Waals surface area contributed by atoms with Crippen molar-refractivity contribution in [3.8, 4) is 17.2 Å². The number of fused-ring (bicyclic) bond motifs is 1. The smallest absolute Gasteiger partial charge is 0.322 e. The van der Waals surface area contributed by atoms with Crippen LogP contribution in [-0.4, -0.2) is 51.9 Å². The van der Waals surface area contributed by atoms with Crippen LogP contribution in [0.3, 0.4) is 0 Å². The van der Waals surface area contributed by atoms with Gasteiger partial charge in [0.05, 0.1) is 28.4 Å². The summed E-state index contributed by atoms with van der Waals surface area (Å²) in [6, 6.07) is 1.69. The molecule has 1 heterocycles. The summed E-state index contributed by atoms with van der Waals surface area (Å²) < 4.78 is 21.2. The second kappa shape index (κ2) is 6.87. The average molecular weight is 309 g/mol. The zero-order chi connectivity index (χ0) is 16.3. The van der Waals surface area contributed by atoms with Crippen LogP contribution in [-0.2, 0) is 22.5 Å². The molecule has 0 radical (unpaired) electrons. The largest absolute Gasteiger partial charge is 0.493 e. The molecule has 1 unspecified atom stereocenters. The van der Waals surface area contributed by atoms with Gasteiger partial charge in [0, 0.05) is 18.7 Å². The first-order valence-electron chi connectivity index (χ1n) is 7.19. The minimum atomic E-state index is -0.295. The van der Waals surface area contributed by atoms with Crippen molar-refractivity contribution in [2.45, 2.75) is 25.9 Å². The van der Waals surface area contributed by atoms with Crippen molar-refractivity contribution < 1.29 is 23.7 Å². The quantitative estimate of drug-likeness (QED) is 0.771. The normalized spacial score (nSPS) is 15.7. The first kappa shape index (κ1) is 16.4. The number of rotatable bonds is 5. The summed E-state index contributed by atoms with van der Waals surface area (Å²) in [5.74, 6) is 1.67. The van der Waals surface area contributed by atoms with Gasteiger partial charge in [0.1, 0.15) is 6.04 Å². The molecule has 0 fully saturated rings. The van der Waals surface area contributed by atoms with Crippen LogP contribution in [0.15, 0.2) is 6.07 Å². The van der Waals surface area contributed by atoms with Crippen molar-refractivity contribution in [2.24, 2.45) is 0 Å². The van der Waals surface area contributed by atoms with Crippen molar-refractivity contribution in [2.75, 3.05) is 35.0 Å². The Kier molecular flexibility index (Phi) is 5.13. The van der Waals surface area contributed by atoms with Crippen molar-refractivity contribution in [1.82, 2.24) is 4.90 Å². The average Bonchev–Trinajstić information content (AvgIpc) is 2.57. The Morgan fingerprint density at radius 3 is 2.36 bits per heavy atom. The predicted molar refractivity (Wildman–Crippen MR) is 81.7 cm³/mol. The first-order chi connectivity index (χ1) is 10.6. The Hall–Kier alpha value is -1.95. The summed E-state index contributed by atoms with van der Waals surface area (Å²) in [5.41, 5.74) is 2.19. The number of ether oxygens (including phenoxy) is 4. The second-order valence-corrected chi connectivity index (χ2v) is 5.20. The Morgan fingerprint density at radius 1 is 1.14 bits per heavy atom. The van der Waals surface area contributed by atoms with Crippen LogP contribution >= 0.6 is 0 Å². The molecule has 0 spiro atoms. The van der Waals surface area contributed by atoms with E-state index in [1.807, 2.05) is 13.0 Å². The van der Waals surface area contributed by atoms with E-state index in [2.05, 4.69) is 4.90 Å². The zero-order valence-corrected chi connectivity index (χ0v) is 13.8. The van der Waals surface area contributed by atoms with Gasteiger partial charge in [0.15, 0.2) is 11.5 Å². The fourth-order valence-corrected chi connectivity index (χ4v) is 2.86. The summed E-state index contributed by atoms with van der Waals surface area (Å²) in [6.07, 6.45) is 0.813. The number of esters is 1. The van der Waals surface area contributed by atoms with Gasteiger partial charge in [0.2, 0.25) is 5.75 Å². The van der Waals surface area contributed by atoms with E-state index in [0.717, 1.165) is 24.1 Å². The monoisotopic (exact) mass is 309 g/mol. The molecule has 0 aliphatic carbocycles. The van der Waals surface area contributed by atoms with Crippen LogP contribution in [0.5, 0.6) is 17.2 Å². The van der Waals surface area contributed by atoms with Gasteiger partial charge in [0.25, 0.3) is 0 Å². The van der Waals surface area contributed by atoms with Gasteiger partial charge in [-0.3, -0.25) is 9.69 Å². The topological polar surface area (TPSA) is 57.2 Å². The number of carbonyl (C=O) groups is 1. The standard InChI is InChI=1S/C16H23NO5/c1-10(16(18)22-5)17-7-6-11-8-13(19-2)15(21-4)14(20-3)12(11)9-17/h8,10H,6-7,9H2,1-5H3. The SMILES string of the molecule is COC(=O)C(C)N1CCc2cc(OC)c(OC)c(OC)c2C1. The summed E-state index contributed by atoms with van der Waals surface area (Å²) in [6.45, 7) is 3.24. The predicted octanol–water partition coefficient (Wildman–Crippen LogP) is 1.63. The fraction of sp³-hybridized carbons (Fsp3) is 0.562. The van der Waals surface area contributed by atoms with E-state index < -0.39 is 0 Å². The van der Waals surface area contributed by atoms with E-state index in [1.165, 1.54) is 7.11 Å². The highest BCUT2D eigenvalue weighted by Gasteiger charge is 2.30. The van der Waals surface area contributed by atoms with Gasteiger partial charge < -0.3 is 18.9 Å². The van der Waals surface area contributed by atoms with Gasteiger partial charge in [-0.15, -0.1) is 0 Å². The Labute approximate surface area is 130 Å². The Balaban J connectivity index is 2.40. The third kappa shape index (κ3) is 2.83. The van der Waals surface area contributed by atoms with Crippen LogP contribution in [0.1, 0.15) is 18.1 Å². The highest BCUT2D eigenvalue weighted by molar-refractivity contribution is 5.75. The van der Waals surface area contributed by atoms with Crippen molar-refractivity contribution in [1.29, 1.82) is 0 Å². The van der Waals surface area contributed by atoms with Gasteiger partial charge >= 0.3 is 5.97 Å². The van der Waals surface area contributed by atoms with Gasteiger partial charge in [-0.05, 0) is 25.0 Å². The van der Waals surface area contributed by atoms with E-state index in [4.69, 9.17) is 18.9 Å². The molecule has 0 N–H and O–H groups in total. The molecule has 1 aliphatic heterocycles. The number of benzene rings is 1. The molecule has 0 aromatic heterocycles. The molecule has 0 amide bonds. The van der Waals surface area contributed by atoms with E-state index >= 15 is 0 Å². The van der Waals surface area contributed by atoms with Gasteiger partial charge in [-0.25, -0.2) is 0 Å². The van der Waals surface area contributed by atoms with Gasteiger partial charge in [-0.1, -0.05) is 0 Å². The lowest BCUT2D eigenvalue weighted by Crippen LogP contribution is -2.42. The highest BCUT2D eigenvalue weighted by atomic mass is 16.5. The lowest BCUT2D eigenvalue weighted by atomic mass is 9.96. The van der Waals surface area contributed by atoms with E-state index in [1.54, 1.807) is 21.3 Å². The summed E-state index contributed by atoms with van der Waals surface area (Å²) in [7, 11) is 6.22. The molecule has 6 nitrogen and oxygen atoms in total. The van der Waals surface area contributed by atoms with Crippen LogP contribution in [0.25, 0.3) is 0 Å². The Bertz CT molecular complexity index is 558. The number of methoxy groups -OCH3 is 4. The minimum Gasteiger partial charge on any atom is -0.493 e. The molecular weight excluding hydrogens is 286 g/mol. The molecule has 1 aliphatic rings. The van der Waals surface area contributed by atoms with Crippen LogP contribution < -0.4 is 14.2 Å². The van der Waals surface area contributed by atoms with Crippen molar-refractivity contribution in [3.63, 3.8) is 0 Å². The highest BCUT2D eigenvalue weighted by Crippen LogP contribution is 2.44. The molecule has 6 heteroatoms. The van der Waals surface area contributed by atoms with E-state index in [0.29, 0.717) is 23.8 Å². The number of carbonyl (C=O) groups excluding carboxylic acids is 1. The molecule has 1 aromatic rings. The third-order valence-corrected chi connectivity index (χ3v) is 4.14. The van der Waals surface area contributed by atoms with Crippen LogP contribution in [0.2, 0.25) is 0 Å². The number of hydrogen-bond donors (Lipinski definition) is 0. The van der Waals surface area contributed by atoms with Crippen molar-refractivity contribution in [3.05, 3.63) is 17.2 Å². The summed E-state index contributed by atoms with van der Waals surface area (Å²) in [5, 5.41) is 0. The molecule has 122 valence electrons. The lowest BCUT2D eigenvalue weighted by Gasteiger charge is -2.33. The maximum Gasteiger partial charge on any atom is 0.322 e. The van der Waals surface area contributed by atoms with Crippen molar-refractivity contribution >= 4 is 5.97 Å². The maximum atomic E-state index is 11.8. The van der Waals surface area contributed by atoms with E-state index in [-0.39, 0.29) is 12.0 Å².